The Bertz CT molecular complexity index is 1450. The average Bonchev–Trinajstić information content (AvgIpc) is 3.61. The Morgan fingerprint density at radius 2 is 1.61 bits per heavy atom. The monoisotopic (exact) mass is 601 g/mol. The van der Waals surface area contributed by atoms with Crippen LogP contribution in [0.1, 0.15) is 124 Å². The number of aromatic nitrogens is 2. The van der Waals surface area contributed by atoms with Crippen LogP contribution in [0.2, 0.25) is 0 Å². The van der Waals surface area contributed by atoms with E-state index in [1.807, 2.05) is 19.1 Å². The number of carbonyl (C=O) groups is 1. The molecule has 6 heteroatoms. The highest BCUT2D eigenvalue weighted by atomic mass is 16.3. The van der Waals surface area contributed by atoms with Crippen LogP contribution in [0.5, 0.6) is 0 Å². The maximum atomic E-state index is 12.8. The van der Waals surface area contributed by atoms with E-state index in [4.69, 9.17) is 9.97 Å². The first kappa shape index (κ1) is 30.6. The number of carbonyl (C=O) groups excluding carboxylic acids is 1. The van der Waals surface area contributed by atoms with E-state index >= 15 is 0 Å². The molecule has 44 heavy (non-hydrogen) atoms. The Kier molecular flexibility index (Phi) is 7.11. The molecule has 0 radical (unpaired) electrons. The van der Waals surface area contributed by atoms with Crippen LogP contribution in [-0.4, -0.2) is 43.8 Å². The minimum absolute atomic E-state index is 0.00543. The highest BCUT2D eigenvalue weighted by Crippen LogP contribution is 2.75. The van der Waals surface area contributed by atoms with Crippen molar-refractivity contribution in [3.63, 3.8) is 0 Å². The van der Waals surface area contributed by atoms with Gasteiger partial charge in [0.1, 0.15) is 0 Å². The molecule has 2 aromatic rings. The Morgan fingerprint density at radius 1 is 0.955 bits per heavy atom. The summed E-state index contributed by atoms with van der Waals surface area (Å²) in [7, 11) is 0. The summed E-state index contributed by atoms with van der Waals surface area (Å²) in [6, 6.07) is 8.56. The van der Waals surface area contributed by atoms with Gasteiger partial charge >= 0.3 is 0 Å². The van der Waals surface area contributed by atoms with Gasteiger partial charge in [0.25, 0.3) is 0 Å². The second-order valence-electron chi connectivity index (χ2n) is 17.3. The summed E-state index contributed by atoms with van der Waals surface area (Å²) in [5.41, 5.74) is 3.12. The van der Waals surface area contributed by atoms with E-state index in [0.717, 1.165) is 73.8 Å². The average molecular weight is 602 g/mol. The van der Waals surface area contributed by atoms with Crippen molar-refractivity contribution in [3.8, 4) is 0 Å². The number of rotatable bonds is 5. The molecule has 1 amide bonds. The van der Waals surface area contributed by atoms with E-state index in [2.05, 4.69) is 52.1 Å². The molecule has 1 aromatic carbocycles. The van der Waals surface area contributed by atoms with Gasteiger partial charge in [0, 0.05) is 17.9 Å². The molecule has 4 fully saturated rings. The van der Waals surface area contributed by atoms with Crippen LogP contribution in [0.4, 0.5) is 0 Å². The van der Waals surface area contributed by atoms with Crippen LogP contribution in [0.15, 0.2) is 24.3 Å². The fraction of sp³-hybridized carbons (Fsp3) is 0.763. The van der Waals surface area contributed by atoms with Gasteiger partial charge in [-0.15, -0.1) is 0 Å². The zero-order valence-corrected chi connectivity index (χ0v) is 28.0. The van der Waals surface area contributed by atoms with Gasteiger partial charge < -0.3 is 15.5 Å². The number of nitrogens with one attached hydrogen (secondary N) is 1. The topological polar surface area (TPSA) is 95.3 Å². The van der Waals surface area contributed by atoms with Gasteiger partial charge in [0.15, 0.2) is 0 Å². The molecule has 4 saturated carbocycles. The molecule has 0 saturated heterocycles. The van der Waals surface area contributed by atoms with Gasteiger partial charge in [-0.1, -0.05) is 59.6 Å². The second-order valence-corrected chi connectivity index (χ2v) is 17.3. The van der Waals surface area contributed by atoms with Gasteiger partial charge in [0.05, 0.1) is 34.1 Å². The molecule has 1 heterocycles. The predicted octanol–water partition coefficient (Wildman–Crippen LogP) is 6.89. The number of aliphatic hydroxyl groups excluding tert-OH is 1. The van der Waals surface area contributed by atoms with Gasteiger partial charge in [-0.2, -0.15) is 0 Å². The smallest absolute Gasteiger partial charge is 0.220 e. The lowest BCUT2D eigenvalue weighted by Crippen LogP contribution is -2.66. The third-order valence-corrected chi connectivity index (χ3v) is 14.7. The Balaban J connectivity index is 1.17. The quantitative estimate of drug-likeness (QED) is 0.347. The number of aliphatic hydroxyl groups is 2. The molecule has 6 nitrogen and oxygen atoms in total. The molecule has 5 aliphatic rings. The first-order valence-electron chi connectivity index (χ1n) is 17.7. The van der Waals surface area contributed by atoms with E-state index in [-0.39, 0.29) is 39.4 Å². The molecule has 5 aliphatic carbocycles. The molecule has 1 aromatic heterocycles. The van der Waals surface area contributed by atoms with Crippen LogP contribution >= 0.6 is 0 Å². The zero-order chi connectivity index (χ0) is 31.3. The van der Waals surface area contributed by atoms with Gasteiger partial charge in [-0.25, -0.2) is 9.97 Å². The molecular weight excluding hydrogens is 546 g/mol. The highest BCUT2D eigenvalue weighted by molar-refractivity contribution is 5.76. The van der Waals surface area contributed by atoms with Crippen LogP contribution in [-0.2, 0) is 16.6 Å². The molecule has 0 aliphatic heterocycles. The number of para-hydroxylation sites is 2. The molecule has 3 N–H and O–H groups in total. The van der Waals surface area contributed by atoms with E-state index < -0.39 is 11.7 Å². The lowest BCUT2D eigenvalue weighted by molar-refractivity contribution is -0.224. The molecule has 0 bridgehead atoms. The van der Waals surface area contributed by atoms with Crippen molar-refractivity contribution in [1.29, 1.82) is 0 Å². The summed E-state index contributed by atoms with van der Waals surface area (Å²) in [5.74, 6) is 0.903. The lowest BCUT2D eigenvalue weighted by Gasteiger charge is -2.69. The highest BCUT2D eigenvalue weighted by Gasteiger charge is 2.71. The maximum Gasteiger partial charge on any atom is 0.220 e. The van der Waals surface area contributed by atoms with Crippen LogP contribution in [0, 0.1) is 39.9 Å². The fourth-order valence-electron chi connectivity index (χ4n) is 12.4. The summed E-state index contributed by atoms with van der Waals surface area (Å²) in [6.45, 7) is 14.2. The summed E-state index contributed by atoms with van der Waals surface area (Å²) in [6.07, 6.45) is 10.7. The summed E-state index contributed by atoms with van der Waals surface area (Å²) >= 11 is 0. The largest absolute Gasteiger partial charge is 0.393 e. The number of benzene rings is 1. The Labute approximate surface area is 264 Å². The predicted molar refractivity (Wildman–Crippen MR) is 174 cm³/mol. The fourth-order valence-corrected chi connectivity index (χ4v) is 12.4. The summed E-state index contributed by atoms with van der Waals surface area (Å²) in [5, 5.41) is 27.3. The Morgan fingerprint density at radius 3 is 2.32 bits per heavy atom. The minimum atomic E-state index is -0.983. The number of nitrogens with zero attached hydrogens (tertiary/aromatic N) is 2. The first-order chi connectivity index (χ1) is 20.7. The molecular formula is C38H55N3O3. The van der Waals surface area contributed by atoms with E-state index in [9.17, 15) is 15.0 Å². The van der Waals surface area contributed by atoms with Crippen molar-refractivity contribution in [3.05, 3.63) is 35.7 Å². The Hall–Kier alpha value is -2.05. The first-order valence-corrected chi connectivity index (χ1v) is 17.7. The third kappa shape index (κ3) is 4.36. The van der Waals surface area contributed by atoms with Crippen molar-refractivity contribution in [2.45, 2.75) is 142 Å². The third-order valence-electron chi connectivity index (χ3n) is 14.7. The van der Waals surface area contributed by atoms with Crippen LogP contribution in [0.25, 0.3) is 11.0 Å². The second kappa shape index (κ2) is 10.2. The van der Waals surface area contributed by atoms with Gasteiger partial charge in [-0.05, 0) is 117 Å². The van der Waals surface area contributed by atoms with Crippen LogP contribution in [0.3, 0.4) is 0 Å². The van der Waals surface area contributed by atoms with E-state index in [1.165, 1.54) is 12.8 Å². The van der Waals surface area contributed by atoms with Crippen molar-refractivity contribution < 1.29 is 15.0 Å². The molecule has 240 valence electrons. The SMILES string of the molecule is CC1(C)c2nc3ccccc3nc2C[C@]2(C)[C@H]3C[C@@H](O)[C@@H]4[C@@H]([C@@](C)(O)CCC(=O)NC5CCCC5)CC[C@@]4(C)[C@]3(C)CC[C@@H]12. The number of hydrogen-bond donors (Lipinski definition) is 3. The molecule has 7 rings (SSSR count). The van der Waals surface area contributed by atoms with Crippen LogP contribution < -0.4 is 5.32 Å². The normalized spacial score (nSPS) is 40.9. The van der Waals surface area contributed by atoms with Crippen molar-refractivity contribution in [1.82, 2.24) is 15.3 Å². The number of fused-ring (bicyclic) bond motifs is 7. The van der Waals surface area contributed by atoms with Crippen molar-refractivity contribution >= 4 is 16.9 Å². The van der Waals surface area contributed by atoms with E-state index in [1.54, 1.807) is 0 Å². The number of amides is 1. The lowest BCUT2D eigenvalue weighted by atomic mass is 9.35. The molecule has 0 unspecified atom stereocenters. The molecule has 0 spiro atoms. The van der Waals surface area contributed by atoms with Crippen molar-refractivity contribution in [2.24, 2.45) is 39.9 Å². The minimum Gasteiger partial charge on any atom is -0.393 e. The van der Waals surface area contributed by atoms with Gasteiger partial charge in [0.2, 0.25) is 5.91 Å². The zero-order valence-electron chi connectivity index (χ0n) is 28.0. The summed E-state index contributed by atoms with van der Waals surface area (Å²) < 4.78 is 0. The standard InChI is InChI=1S/C38H55N3O3/c1-34(2)29-16-19-36(4)30(35(29,3)22-27-33(34)41-26-14-10-9-13-25(26)40-27)21-28(42)32-24(15-18-37(32,36)5)38(6,44)20-17-31(43)39-23-11-7-8-12-23/h9-10,13-14,23-24,28-30,32,42,44H,7-8,11-12,15-22H2,1-6H3,(H,39,43)/t24-,28+,29-,30+,32-,35-,36+,37+,38-/m0/s1. The van der Waals surface area contributed by atoms with Gasteiger partial charge in [-0.3, -0.25) is 4.79 Å². The maximum absolute atomic E-state index is 12.8. The van der Waals surface area contributed by atoms with Crippen molar-refractivity contribution in [2.75, 3.05) is 0 Å². The summed E-state index contributed by atoms with van der Waals surface area (Å²) in [4.78, 5) is 23.3. The van der Waals surface area contributed by atoms with E-state index in [0.29, 0.717) is 30.7 Å². The molecule has 9 atom stereocenters. The number of hydrogen-bond acceptors (Lipinski definition) is 5.